The van der Waals surface area contributed by atoms with E-state index < -0.39 is 0 Å². The summed E-state index contributed by atoms with van der Waals surface area (Å²) in [7, 11) is 0. The summed E-state index contributed by atoms with van der Waals surface area (Å²) in [6.45, 7) is 1.92. The van der Waals surface area contributed by atoms with E-state index in [4.69, 9.17) is 16.7 Å². The Labute approximate surface area is 95.9 Å². The van der Waals surface area contributed by atoms with Crippen LogP contribution in [0.3, 0.4) is 0 Å². The zero-order valence-corrected chi connectivity index (χ0v) is 9.64. The van der Waals surface area contributed by atoms with Crippen LogP contribution < -0.4 is 5.32 Å². The molecule has 80 valence electrons. The van der Waals surface area contributed by atoms with Gasteiger partial charge in [-0.3, -0.25) is 0 Å². The first-order valence-electron chi connectivity index (χ1n) is 4.47. The summed E-state index contributed by atoms with van der Waals surface area (Å²) in [5.41, 5.74) is 0. The quantitative estimate of drug-likeness (QED) is 0.867. The van der Waals surface area contributed by atoms with E-state index in [2.05, 4.69) is 15.3 Å². The van der Waals surface area contributed by atoms with Crippen LogP contribution in [0.2, 0.25) is 5.02 Å². The van der Waals surface area contributed by atoms with Gasteiger partial charge in [0.2, 0.25) is 0 Å². The Balaban J connectivity index is 2.45. The maximum atomic E-state index is 8.95. The highest BCUT2D eigenvalue weighted by molar-refractivity contribution is 7.17. The van der Waals surface area contributed by atoms with Crippen LogP contribution >= 0.6 is 22.9 Å². The Hall–Kier alpha value is -0.910. The van der Waals surface area contributed by atoms with Crippen molar-refractivity contribution >= 4 is 39.0 Å². The Morgan fingerprint density at radius 2 is 2.40 bits per heavy atom. The van der Waals surface area contributed by atoms with Crippen molar-refractivity contribution < 1.29 is 5.11 Å². The molecule has 2 heterocycles. The standard InChI is InChI=1S/C9H10ClN3OS/c1-5(2-14)13-8-7-6(10)3-15-9(7)12-4-11-8/h3-5,14H,2H2,1H3,(H,11,12,13). The van der Waals surface area contributed by atoms with E-state index in [1.165, 1.54) is 17.7 Å². The van der Waals surface area contributed by atoms with Gasteiger partial charge in [0.15, 0.2) is 0 Å². The molecule has 0 bridgehead atoms. The van der Waals surface area contributed by atoms with E-state index >= 15 is 0 Å². The number of aliphatic hydroxyl groups excluding tert-OH is 1. The molecule has 6 heteroatoms. The lowest BCUT2D eigenvalue weighted by Gasteiger charge is -2.11. The number of hydrogen-bond acceptors (Lipinski definition) is 5. The summed E-state index contributed by atoms with van der Waals surface area (Å²) in [6, 6.07) is -0.0564. The fourth-order valence-electron chi connectivity index (χ4n) is 1.23. The highest BCUT2D eigenvalue weighted by Crippen LogP contribution is 2.32. The first-order chi connectivity index (χ1) is 7.22. The number of nitrogens with one attached hydrogen (secondary N) is 1. The van der Waals surface area contributed by atoms with E-state index in [0.29, 0.717) is 10.8 Å². The minimum Gasteiger partial charge on any atom is -0.394 e. The molecule has 0 aliphatic rings. The zero-order valence-electron chi connectivity index (χ0n) is 8.07. The number of hydrogen-bond donors (Lipinski definition) is 2. The number of aliphatic hydroxyl groups is 1. The molecule has 0 fully saturated rings. The Morgan fingerprint density at radius 1 is 1.60 bits per heavy atom. The summed E-state index contributed by atoms with van der Waals surface area (Å²) in [5.74, 6) is 0.674. The lowest BCUT2D eigenvalue weighted by molar-refractivity contribution is 0.281. The highest BCUT2D eigenvalue weighted by atomic mass is 35.5. The third kappa shape index (κ3) is 2.04. The van der Waals surface area contributed by atoms with Crippen LogP contribution in [0, 0.1) is 0 Å². The molecule has 2 rings (SSSR count). The highest BCUT2D eigenvalue weighted by Gasteiger charge is 2.11. The lowest BCUT2D eigenvalue weighted by Crippen LogP contribution is -2.20. The molecule has 4 nitrogen and oxygen atoms in total. The smallest absolute Gasteiger partial charge is 0.139 e. The predicted octanol–water partition coefficient (Wildman–Crippen LogP) is 2.14. The van der Waals surface area contributed by atoms with Gasteiger partial charge in [-0.15, -0.1) is 11.3 Å². The van der Waals surface area contributed by atoms with Crippen molar-refractivity contribution in [1.82, 2.24) is 9.97 Å². The molecule has 0 amide bonds. The minimum absolute atomic E-state index is 0.0489. The molecule has 2 aromatic heterocycles. The molecule has 2 N–H and O–H groups in total. The number of aromatic nitrogens is 2. The number of nitrogens with zero attached hydrogens (tertiary/aromatic N) is 2. The summed E-state index contributed by atoms with van der Waals surface area (Å²) < 4.78 is 0. The number of fused-ring (bicyclic) bond motifs is 1. The molecule has 2 aromatic rings. The largest absolute Gasteiger partial charge is 0.394 e. The third-order valence-corrected chi connectivity index (χ3v) is 3.30. The molecular formula is C9H10ClN3OS. The first kappa shape index (κ1) is 10.6. The molecule has 1 atom stereocenters. The van der Waals surface area contributed by atoms with E-state index in [-0.39, 0.29) is 12.6 Å². The molecule has 0 saturated heterocycles. The SMILES string of the molecule is CC(CO)Nc1ncnc2scc(Cl)c12. The van der Waals surface area contributed by atoms with Crippen LogP contribution in [-0.2, 0) is 0 Å². The van der Waals surface area contributed by atoms with Crippen molar-refractivity contribution in [3.63, 3.8) is 0 Å². The van der Waals surface area contributed by atoms with Gasteiger partial charge in [0.05, 0.1) is 17.0 Å². The molecule has 15 heavy (non-hydrogen) atoms. The molecule has 0 radical (unpaired) electrons. The number of halogens is 1. The average molecular weight is 244 g/mol. The molecule has 0 aliphatic heterocycles. The maximum Gasteiger partial charge on any atom is 0.139 e. The second kappa shape index (κ2) is 4.30. The first-order valence-corrected chi connectivity index (χ1v) is 5.73. The summed E-state index contributed by atoms with van der Waals surface area (Å²) in [4.78, 5) is 9.08. The van der Waals surface area contributed by atoms with Crippen molar-refractivity contribution in [2.75, 3.05) is 11.9 Å². The minimum atomic E-state index is -0.0564. The molecule has 1 unspecified atom stereocenters. The van der Waals surface area contributed by atoms with Crippen LogP contribution in [-0.4, -0.2) is 27.7 Å². The number of anilines is 1. The van der Waals surface area contributed by atoms with Crippen LogP contribution in [0.15, 0.2) is 11.7 Å². The van der Waals surface area contributed by atoms with Gasteiger partial charge in [-0.25, -0.2) is 9.97 Å². The predicted molar refractivity (Wildman–Crippen MR) is 62.6 cm³/mol. The molecule has 0 saturated carbocycles. The maximum absolute atomic E-state index is 8.95. The fourth-order valence-corrected chi connectivity index (χ4v) is 2.36. The van der Waals surface area contributed by atoms with Crippen molar-refractivity contribution in [1.29, 1.82) is 0 Å². The second-order valence-corrected chi connectivity index (χ2v) is 4.48. The molecular weight excluding hydrogens is 234 g/mol. The van der Waals surface area contributed by atoms with Crippen LogP contribution in [0.4, 0.5) is 5.82 Å². The lowest BCUT2D eigenvalue weighted by atomic mass is 10.3. The van der Waals surface area contributed by atoms with Gasteiger partial charge in [-0.05, 0) is 6.92 Å². The van der Waals surface area contributed by atoms with Crippen molar-refractivity contribution in [2.24, 2.45) is 0 Å². The van der Waals surface area contributed by atoms with Gasteiger partial charge < -0.3 is 10.4 Å². The van der Waals surface area contributed by atoms with E-state index in [0.717, 1.165) is 10.2 Å². The average Bonchev–Trinajstić information content (AvgIpc) is 2.61. The number of rotatable bonds is 3. The monoisotopic (exact) mass is 243 g/mol. The second-order valence-electron chi connectivity index (χ2n) is 3.21. The summed E-state index contributed by atoms with van der Waals surface area (Å²) in [5, 5.41) is 15.3. The van der Waals surface area contributed by atoms with Crippen molar-refractivity contribution in [3.8, 4) is 0 Å². The third-order valence-electron chi connectivity index (χ3n) is 1.98. The van der Waals surface area contributed by atoms with Gasteiger partial charge in [-0.2, -0.15) is 0 Å². The van der Waals surface area contributed by atoms with E-state index in [1.807, 2.05) is 12.3 Å². The van der Waals surface area contributed by atoms with E-state index in [1.54, 1.807) is 0 Å². The zero-order chi connectivity index (χ0) is 10.8. The Kier molecular flexibility index (Phi) is 3.04. The van der Waals surface area contributed by atoms with E-state index in [9.17, 15) is 0 Å². The van der Waals surface area contributed by atoms with Crippen molar-refractivity contribution in [2.45, 2.75) is 13.0 Å². The van der Waals surface area contributed by atoms with Gasteiger partial charge in [0.1, 0.15) is 17.0 Å². The summed E-state index contributed by atoms with van der Waals surface area (Å²) >= 11 is 7.51. The van der Waals surface area contributed by atoms with Crippen molar-refractivity contribution in [3.05, 3.63) is 16.7 Å². The van der Waals surface area contributed by atoms with Crippen LogP contribution in [0.5, 0.6) is 0 Å². The van der Waals surface area contributed by atoms with Gasteiger partial charge in [-0.1, -0.05) is 11.6 Å². The van der Waals surface area contributed by atoms with Gasteiger partial charge in [0.25, 0.3) is 0 Å². The fraction of sp³-hybridized carbons (Fsp3) is 0.333. The Morgan fingerprint density at radius 3 is 3.13 bits per heavy atom. The van der Waals surface area contributed by atoms with Crippen LogP contribution in [0.25, 0.3) is 10.2 Å². The van der Waals surface area contributed by atoms with Crippen LogP contribution in [0.1, 0.15) is 6.92 Å². The van der Waals surface area contributed by atoms with Gasteiger partial charge in [0, 0.05) is 11.4 Å². The summed E-state index contributed by atoms with van der Waals surface area (Å²) in [6.07, 6.45) is 1.49. The van der Waals surface area contributed by atoms with Gasteiger partial charge >= 0.3 is 0 Å². The molecule has 0 spiro atoms. The number of thiophene rings is 1. The molecule has 0 aliphatic carbocycles. The normalized spacial score (nSPS) is 13.0. The topological polar surface area (TPSA) is 58.0 Å². The molecule has 0 aromatic carbocycles. The Bertz CT molecular complexity index is 473.